The average Bonchev–Trinajstić information content (AvgIpc) is 2.73. The summed E-state index contributed by atoms with van der Waals surface area (Å²) in [4.78, 5) is 28.8. The zero-order valence-corrected chi connectivity index (χ0v) is 17.7. The Bertz CT molecular complexity index is 901. The number of aryl methyl sites for hydroxylation is 1. The second-order valence-corrected chi connectivity index (χ2v) is 7.67. The first-order valence-corrected chi connectivity index (χ1v) is 10.0. The Hall–Kier alpha value is -2.93. The van der Waals surface area contributed by atoms with E-state index in [0.717, 1.165) is 11.1 Å². The quantitative estimate of drug-likeness (QED) is 0.758. The number of rotatable bonds is 7. The number of carbonyl (C=O) groups excluding carboxylic acids is 2. The summed E-state index contributed by atoms with van der Waals surface area (Å²) in [6, 6.07) is 12.0. The van der Waals surface area contributed by atoms with E-state index >= 15 is 0 Å². The topological polar surface area (TPSA) is 61.9 Å². The molecule has 3 rings (SSSR count). The van der Waals surface area contributed by atoms with Gasteiger partial charge in [-0.15, -0.1) is 0 Å². The molecule has 1 heterocycles. The maximum absolute atomic E-state index is 14.4. The van der Waals surface area contributed by atoms with Crippen molar-refractivity contribution in [3.63, 3.8) is 0 Å². The van der Waals surface area contributed by atoms with Gasteiger partial charge in [0.25, 0.3) is 0 Å². The molecule has 1 aliphatic heterocycles. The van der Waals surface area contributed by atoms with Crippen LogP contribution in [-0.4, -0.2) is 54.9 Å². The Morgan fingerprint density at radius 2 is 2.00 bits per heavy atom. The van der Waals surface area contributed by atoms with Gasteiger partial charge in [-0.1, -0.05) is 35.9 Å². The largest absolute Gasteiger partial charge is 0.497 e. The number of benzene rings is 2. The maximum Gasteiger partial charge on any atom is 0.237 e. The Balaban J connectivity index is 1.67. The van der Waals surface area contributed by atoms with Crippen molar-refractivity contribution in [1.29, 1.82) is 0 Å². The summed E-state index contributed by atoms with van der Waals surface area (Å²) in [7, 11) is 3.22. The van der Waals surface area contributed by atoms with Crippen LogP contribution in [0.15, 0.2) is 42.5 Å². The summed E-state index contributed by atoms with van der Waals surface area (Å²) in [6.45, 7) is 3.77. The van der Waals surface area contributed by atoms with Crippen molar-refractivity contribution < 1.29 is 18.7 Å². The van der Waals surface area contributed by atoms with Gasteiger partial charge in [0.1, 0.15) is 11.6 Å². The highest BCUT2D eigenvalue weighted by Crippen LogP contribution is 2.21. The minimum absolute atomic E-state index is 0.0476. The third kappa shape index (κ3) is 5.36. The number of carbonyl (C=O) groups is 2. The fourth-order valence-electron chi connectivity index (χ4n) is 3.55. The number of nitrogens with zero attached hydrogens (tertiary/aromatic N) is 2. The van der Waals surface area contributed by atoms with E-state index in [0.29, 0.717) is 30.9 Å². The second kappa shape index (κ2) is 9.71. The van der Waals surface area contributed by atoms with Crippen LogP contribution in [0.3, 0.4) is 0 Å². The molecule has 30 heavy (non-hydrogen) atoms. The van der Waals surface area contributed by atoms with Crippen LogP contribution in [0.4, 0.5) is 4.39 Å². The molecule has 1 fully saturated rings. The van der Waals surface area contributed by atoms with Crippen molar-refractivity contribution in [2.24, 2.45) is 0 Å². The summed E-state index contributed by atoms with van der Waals surface area (Å²) < 4.78 is 19.4. The van der Waals surface area contributed by atoms with E-state index in [4.69, 9.17) is 4.74 Å². The van der Waals surface area contributed by atoms with Crippen LogP contribution in [0.5, 0.6) is 5.75 Å². The van der Waals surface area contributed by atoms with E-state index in [9.17, 15) is 14.0 Å². The first-order valence-electron chi connectivity index (χ1n) is 10.0. The van der Waals surface area contributed by atoms with Crippen molar-refractivity contribution in [2.75, 3.05) is 27.2 Å². The monoisotopic (exact) mass is 413 g/mol. The molecular formula is C23H28FN3O3. The van der Waals surface area contributed by atoms with Gasteiger partial charge in [-0.3, -0.25) is 14.5 Å². The van der Waals surface area contributed by atoms with Crippen LogP contribution in [0.2, 0.25) is 0 Å². The van der Waals surface area contributed by atoms with Crippen LogP contribution in [0.1, 0.15) is 23.1 Å². The van der Waals surface area contributed by atoms with Gasteiger partial charge in [0, 0.05) is 44.9 Å². The zero-order chi connectivity index (χ0) is 21.7. The molecule has 2 aromatic rings. The number of halogens is 1. The third-order valence-electron chi connectivity index (χ3n) is 5.41. The lowest BCUT2D eigenvalue weighted by molar-refractivity contribution is -0.138. The molecule has 7 heteroatoms. The number of amides is 2. The summed E-state index contributed by atoms with van der Waals surface area (Å²) in [5, 5.41) is 2.82. The number of piperazine rings is 1. The van der Waals surface area contributed by atoms with Crippen molar-refractivity contribution >= 4 is 11.8 Å². The first-order chi connectivity index (χ1) is 14.4. The van der Waals surface area contributed by atoms with E-state index in [-0.39, 0.29) is 30.6 Å². The van der Waals surface area contributed by atoms with Crippen molar-refractivity contribution in [3.8, 4) is 5.75 Å². The molecule has 1 N–H and O–H groups in total. The highest BCUT2D eigenvalue weighted by molar-refractivity contribution is 5.88. The molecule has 1 atom stereocenters. The number of hydrogen-bond donors (Lipinski definition) is 1. The van der Waals surface area contributed by atoms with E-state index in [1.54, 1.807) is 24.1 Å². The molecule has 160 valence electrons. The smallest absolute Gasteiger partial charge is 0.237 e. The van der Waals surface area contributed by atoms with Crippen molar-refractivity contribution in [1.82, 2.24) is 15.1 Å². The molecule has 2 amide bonds. The van der Waals surface area contributed by atoms with Crippen LogP contribution in [0, 0.1) is 12.7 Å². The molecular weight excluding hydrogens is 385 g/mol. The van der Waals surface area contributed by atoms with Gasteiger partial charge >= 0.3 is 0 Å². The van der Waals surface area contributed by atoms with E-state index in [1.807, 2.05) is 36.1 Å². The summed E-state index contributed by atoms with van der Waals surface area (Å²) >= 11 is 0. The average molecular weight is 413 g/mol. The lowest BCUT2D eigenvalue weighted by atomic mass is 10.1. The minimum Gasteiger partial charge on any atom is -0.497 e. The fourth-order valence-corrected chi connectivity index (χ4v) is 3.55. The fraction of sp³-hybridized carbons (Fsp3) is 0.391. The SMILES string of the molecule is COc1ccc(CN2CCNC(=O)C2CC(=O)N(C)Cc2ccc(C)cc2)c(F)c1. The van der Waals surface area contributed by atoms with Crippen molar-refractivity contribution in [2.45, 2.75) is 32.5 Å². The molecule has 1 unspecified atom stereocenters. The molecule has 1 aliphatic rings. The zero-order valence-electron chi connectivity index (χ0n) is 17.7. The molecule has 6 nitrogen and oxygen atoms in total. The van der Waals surface area contributed by atoms with E-state index in [1.165, 1.54) is 13.2 Å². The third-order valence-corrected chi connectivity index (χ3v) is 5.41. The van der Waals surface area contributed by atoms with Crippen LogP contribution < -0.4 is 10.1 Å². The molecule has 0 aromatic heterocycles. The standard InChI is InChI=1S/C23H28FN3O3/c1-16-4-6-17(7-5-16)14-26(2)22(28)13-21-23(29)25-10-11-27(21)15-18-8-9-19(30-3)12-20(18)24/h4-9,12,21H,10-11,13-15H2,1-3H3,(H,25,29). The van der Waals surface area contributed by atoms with E-state index in [2.05, 4.69) is 5.32 Å². The summed E-state index contributed by atoms with van der Waals surface area (Å²) in [5.41, 5.74) is 2.66. The van der Waals surface area contributed by atoms with Gasteiger partial charge in [0.05, 0.1) is 19.6 Å². The Morgan fingerprint density at radius 3 is 2.67 bits per heavy atom. The highest BCUT2D eigenvalue weighted by Gasteiger charge is 2.32. The second-order valence-electron chi connectivity index (χ2n) is 7.67. The van der Waals surface area contributed by atoms with Crippen LogP contribution >= 0.6 is 0 Å². The van der Waals surface area contributed by atoms with Gasteiger partial charge in [0.15, 0.2) is 0 Å². The lowest BCUT2D eigenvalue weighted by Crippen LogP contribution is -2.56. The molecule has 0 saturated carbocycles. The number of hydrogen-bond acceptors (Lipinski definition) is 4. The minimum atomic E-state index is -0.631. The van der Waals surface area contributed by atoms with Gasteiger partial charge in [-0.25, -0.2) is 4.39 Å². The van der Waals surface area contributed by atoms with Crippen LogP contribution in [0.25, 0.3) is 0 Å². The summed E-state index contributed by atoms with van der Waals surface area (Å²) in [6.07, 6.45) is 0.0476. The predicted octanol–water partition coefficient (Wildman–Crippen LogP) is 2.49. The number of nitrogens with one attached hydrogen (secondary N) is 1. The molecule has 2 aromatic carbocycles. The maximum atomic E-state index is 14.4. The van der Waals surface area contributed by atoms with E-state index < -0.39 is 6.04 Å². The van der Waals surface area contributed by atoms with Crippen molar-refractivity contribution in [3.05, 3.63) is 65.0 Å². The lowest BCUT2D eigenvalue weighted by Gasteiger charge is -2.35. The number of ether oxygens (including phenoxy) is 1. The van der Waals surface area contributed by atoms with Gasteiger partial charge < -0.3 is 15.0 Å². The molecule has 0 radical (unpaired) electrons. The van der Waals surface area contributed by atoms with Gasteiger partial charge in [-0.2, -0.15) is 0 Å². The molecule has 0 bridgehead atoms. The number of methoxy groups -OCH3 is 1. The normalized spacial score (nSPS) is 16.8. The Kier molecular flexibility index (Phi) is 7.05. The first kappa shape index (κ1) is 21.8. The Labute approximate surface area is 176 Å². The summed E-state index contributed by atoms with van der Waals surface area (Å²) in [5.74, 6) is -0.274. The van der Waals surface area contributed by atoms with Gasteiger partial charge in [0.2, 0.25) is 11.8 Å². The molecule has 1 saturated heterocycles. The predicted molar refractivity (Wildman–Crippen MR) is 112 cm³/mol. The Morgan fingerprint density at radius 1 is 1.27 bits per heavy atom. The van der Waals surface area contributed by atoms with Gasteiger partial charge in [-0.05, 0) is 18.6 Å². The molecule has 0 spiro atoms. The molecule has 0 aliphatic carbocycles. The highest BCUT2D eigenvalue weighted by atomic mass is 19.1. The van der Waals surface area contributed by atoms with Crippen LogP contribution in [-0.2, 0) is 22.7 Å².